The molecule has 66 valence electrons. The fourth-order valence-corrected chi connectivity index (χ4v) is 0.851. The van der Waals surface area contributed by atoms with Crippen LogP contribution in [-0.4, -0.2) is 12.2 Å². The molecule has 0 aliphatic rings. The maximum Gasteiger partial charge on any atom is 0.164 e. The number of methoxy groups -OCH3 is 1. The molecule has 1 aromatic carbocycles. The van der Waals surface area contributed by atoms with Gasteiger partial charge in [-0.3, -0.25) is 0 Å². The van der Waals surface area contributed by atoms with E-state index in [4.69, 9.17) is 5.11 Å². The van der Waals surface area contributed by atoms with Crippen LogP contribution in [-0.2, 0) is 6.61 Å². The molecule has 1 rings (SSSR count). The second-order valence-corrected chi connectivity index (χ2v) is 2.24. The van der Waals surface area contributed by atoms with E-state index < -0.39 is 18.2 Å². The van der Waals surface area contributed by atoms with Gasteiger partial charge in [-0.1, -0.05) is 0 Å². The van der Waals surface area contributed by atoms with E-state index >= 15 is 0 Å². The van der Waals surface area contributed by atoms with Crippen molar-refractivity contribution in [3.05, 3.63) is 29.3 Å². The van der Waals surface area contributed by atoms with Gasteiger partial charge in [-0.15, -0.1) is 0 Å². The van der Waals surface area contributed by atoms with Gasteiger partial charge in [-0.2, -0.15) is 0 Å². The lowest BCUT2D eigenvalue weighted by molar-refractivity contribution is 0.272. The molecule has 0 radical (unpaired) electrons. The zero-order chi connectivity index (χ0) is 9.14. The van der Waals surface area contributed by atoms with Gasteiger partial charge in [-0.05, 0) is 6.07 Å². The van der Waals surface area contributed by atoms with Gasteiger partial charge in [0, 0.05) is 11.6 Å². The van der Waals surface area contributed by atoms with E-state index in [1.165, 1.54) is 13.2 Å². The molecule has 0 aliphatic carbocycles. The first-order valence-corrected chi connectivity index (χ1v) is 3.31. The third-order valence-corrected chi connectivity index (χ3v) is 1.48. The van der Waals surface area contributed by atoms with Crippen molar-refractivity contribution in [3.63, 3.8) is 0 Å². The largest absolute Gasteiger partial charge is 0.497 e. The third-order valence-electron chi connectivity index (χ3n) is 1.48. The highest BCUT2D eigenvalue weighted by atomic mass is 19.2. The highest BCUT2D eigenvalue weighted by Gasteiger charge is 2.09. The monoisotopic (exact) mass is 174 g/mol. The van der Waals surface area contributed by atoms with Gasteiger partial charge in [-0.25, -0.2) is 8.78 Å². The van der Waals surface area contributed by atoms with E-state index in [9.17, 15) is 8.78 Å². The maximum atomic E-state index is 12.7. The molecule has 0 saturated carbocycles. The van der Waals surface area contributed by atoms with Crippen molar-refractivity contribution in [2.45, 2.75) is 6.61 Å². The Bertz CT molecular complexity index is 287. The van der Waals surface area contributed by atoms with Crippen LogP contribution in [0.3, 0.4) is 0 Å². The van der Waals surface area contributed by atoms with Crippen LogP contribution < -0.4 is 4.74 Å². The molecule has 0 unspecified atom stereocenters. The van der Waals surface area contributed by atoms with Gasteiger partial charge < -0.3 is 9.84 Å². The first-order chi connectivity index (χ1) is 5.69. The quantitative estimate of drug-likeness (QED) is 0.735. The molecule has 0 bridgehead atoms. The Morgan fingerprint density at radius 3 is 2.58 bits per heavy atom. The smallest absolute Gasteiger partial charge is 0.164 e. The number of aliphatic hydroxyl groups excluding tert-OH is 1. The van der Waals surface area contributed by atoms with Crippen LogP contribution >= 0.6 is 0 Å². The number of hydrogen-bond donors (Lipinski definition) is 1. The number of ether oxygens (including phenoxy) is 1. The van der Waals surface area contributed by atoms with Gasteiger partial charge >= 0.3 is 0 Å². The molecule has 1 N–H and O–H groups in total. The second-order valence-electron chi connectivity index (χ2n) is 2.24. The Morgan fingerprint density at radius 2 is 2.08 bits per heavy atom. The molecule has 0 atom stereocenters. The van der Waals surface area contributed by atoms with Crippen molar-refractivity contribution < 1.29 is 18.6 Å². The van der Waals surface area contributed by atoms with Gasteiger partial charge in [0.15, 0.2) is 11.6 Å². The summed E-state index contributed by atoms with van der Waals surface area (Å²) in [7, 11) is 1.34. The minimum absolute atomic E-state index is 0.105. The second kappa shape index (κ2) is 3.49. The van der Waals surface area contributed by atoms with E-state index in [2.05, 4.69) is 4.74 Å². The van der Waals surface area contributed by atoms with Gasteiger partial charge in [0.1, 0.15) is 5.75 Å². The molecule has 4 heteroatoms. The van der Waals surface area contributed by atoms with Crippen molar-refractivity contribution in [2.75, 3.05) is 7.11 Å². The number of benzene rings is 1. The summed E-state index contributed by atoms with van der Waals surface area (Å²) in [4.78, 5) is 0. The maximum absolute atomic E-state index is 12.7. The normalized spacial score (nSPS) is 10.0. The topological polar surface area (TPSA) is 29.5 Å². The minimum atomic E-state index is -1.03. The lowest BCUT2D eigenvalue weighted by Gasteiger charge is -2.04. The summed E-state index contributed by atoms with van der Waals surface area (Å²) in [6, 6.07) is 2.17. The molecule has 12 heavy (non-hydrogen) atoms. The molecule has 0 saturated heterocycles. The van der Waals surface area contributed by atoms with Crippen molar-refractivity contribution in [1.29, 1.82) is 0 Å². The van der Waals surface area contributed by atoms with Crippen LogP contribution in [0.4, 0.5) is 8.78 Å². The van der Waals surface area contributed by atoms with Crippen LogP contribution in [0.1, 0.15) is 5.56 Å². The minimum Gasteiger partial charge on any atom is -0.497 e. The SMILES string of the molecule is COc1cc(F)c(F)c(CO)c1. The zero-order valence-electron chi connectivity index (χ0n) is 6.47. The molecule has 0 spiro atoms. The van der Waals surface area contributed by atoms with Crippen molar-refractivity contribution >= 4 is 0 Å². The highest BCUT2D eigenvalue weighted by molar-refractivity contribution is 5.30. The van der Waals surface area contributed by atoms with E-state index in [1.54, 1.807) is 0 Å². The van der Waals surface area contributed by atoms with Crippen molar-refractivity contribution in [1.82, 2.24) is 0 Å². The molecule has 0 fully saturated rings. The Morgan fingerprint density at radius 1 is 1.42 bits per heavy atom. The molecule has 1 aromatic rings. The standard InChI is InChI=1S/C8H8F2O2/c1-12-6-2-5(4-11)8(10)7(9)3-6/h2-3,11H,4H2,1H3. The first kappa shape index (κ1) is 8.93. The lowest BCUT2D eigenvalue weighted by Crippen LogP contribution is -1.96. The van der Waals surface area contributed by atoms with Crippen LogP contribution in [0, 0.1) is 11.6 Å². The Kier molecular flexibility index (Phi) is 2.60. The van der Waals surface area contributed by atoms with Crippen molar-refractivity contribution in [3.8, 4) is 5.75 Å². The van der Waals surface area contributed by atoms with E-state index in [-0.39, 0.29) is 11.3 Å². The Labute approximate surface area is 68.4 Å². The summed E-state index contributed by atoms with van der Waals surface area (Å²) >= 11 is 0. The predicted octanol–water partition coefficient (Wildman–Crippen LogP) is 1.47. The Balaban J connectivity index is 3.19. The molecule has 0 amide bonds. The highest BCUT2D eigenvalue weighted by Crippen LogP contribution is 2.19. The number of halogens is 2. The Hall–Kier alpha value is -1.16. The summed E-state index contributed by atoms with van der Waals surface area (Å²) in [5, 5.41) is 8.60. The first-order valence-electron chi connectivity index (χ1n) is 3.31. The molecule has 0 aromatic heterocycles. The van der Waals surface area contributed by atoms with Gasteiger partial charge in [0.05, 0.1) is 13.7 Å². The molecular formula is C8H8F2O2. The molecule has 0 aliphatic heterocycles. The van der Waals surface area contributed by atoms with Crippen LogP contribution in [0.2, 0.25) is 0 Å². The van der Waals surface area contributed by atoms with Crippen molar-refractivity contribution in [2.24, 2.45) is 0 Å². The molecule has 2 nitrogen and oxygen atoms in total. The fraction of sp³-hybridized carbons (Fsp3) is 0.250. The van der Waals surface area contributed by atoms with Crippen LogP contribution in [0.25, 0.3) is 0 Å². The number of aliphatic hydroxyl groups is 1. The third kappa shape index (κ3) is 1.53. The van der Waals surface area contributed by atoms with E-state index in [0.29, 0.717) is 0 Å². The van der Waals surface area contributed by atoms with Crippen LogP contribution in [0.5, 0.6) is 5.75 Å². The van der Waals surface area contributed by atoms with E-state index in [1.807, 2.05) is 0 Å². The zero-order valence-corrected chi connectivity index (χ0v) is 6.47. The number of rotatable bonds is 2. The summed E-state index contributed by atoms with van der Waals surface area (Å²) in [5.41, 5.74) is -0.105. The average Bonchev–Trinajstić information content (AvgIpc) is 2.09. The fourth-order valence-electron chi connectivity index (χ4n) is 0.851. The summed E-state index contributed by atoms with van der Waals surface area (Å²) in [5.74, 6) is -1.85. The van der Waals surface area contributed by atoms with Gasteiger partial charge in [0.2, 0.25) is 0 Å². The van der Waals surface area contributed by atoms with Crippen LogP contribution in [0.15, 0.2) is 12.1 Å². The van der Waals surface area contributed by atoms with E-state index in [0.717, 1.165) is 6.07 Å². The van der Waals surface area contributed by atoms with Gasteiger partial charge in [0.25, 0.3) is 0 Å². The summed E-state index contributed by atoms with van der Waals surface area (Å²) in [6.45, 7) is -0.542. The molecule has 0 heterocycles. The molecular weight excluding hydrogens is 166 g/mol. The predicted molar refractivity (Wildman–Crippen MR) is 38.8 cm³/mol. The lowest BCUT2D eigenvalue weighted by atomic mass is 10.2. The number of hydrogen-bond acceptors (Lipinski definition) is 2. The summed E-state index contributed by atoms with van der Waals surface area (Å²) < 4.78 is 30.1. The summed E-state index contributed by atoms with van der Waals surface area (Å²) in [6.07, 6.45) is 0. The average molecular weight is 174 g/mol.